The molecular formula is C9H8INS. The fourth-order valence-corrected chi connectivity index (χ4v) is 2.78. The molecule has 0 saturated heterocycles. The summed E-state index contributed by atoms with van der Waals surface area (Å²) < 4.78 is 2.19. The predicted molar refractivity (Wildman–Crippen MR) is 63.7 cm³/mol. The van der Waals surface area contributed by atoms with E-state index in [1.54, 1.807) is 9.12 Å². The Kier molecular flexibility index (Phi) is 2.32. The molecule has 2 rings (SSSR count). The highest BCUT2D eigenvalue weighted by molar-refractivity contribution is 14.2. The van der Waals surface area contributed by atoms with E-state index in [4.69, 9.17) is 0 Å². The molecule has 2 aromatic rings. The molecule has 0 spiro atoms. The quantitative estimate of drug-likeness (QED) is 0.723. The Labute approximate surface area is 87.9 Å². The van der Waals surface area contributed by atoms with Gasteiger partial charge in [-0.3, -0.25) is 3.97 Å². The van der Waals surface area contributed by atoms with E-state index in [-0.39, 0.29) is 0 Å². The summed E-state index contributed by atoms with van der Waals surface area (Å²) in [5.41, 5.74) is 2.64. The molecule has 0 unspecified atom stereocenters. The lowest BCUT2D eigenvalue weighted by Crippen LogP contribution is -1.76. The zero-order valence-electron chi connectivity index (χ0n) is 6.62. The lowest BCUT2D eigenvalue weighted by Gasteiger charge is -1.95. The van der Waals surface area contributed by atoms with Crippen LogP contribution in [-0.4, -0.2) is 3.97 Å². The standard InChI is InChI=1S/C9H8INS/c1-7-6-11(12-10)9-5-3-2-4-8(7)9/h2-6H,1H3. The number of para-hydroxylation sites is 1. The van der Waals surface area contributed by atoms with Crippen molar-refractivity contribution in [1.82, 2.24) is 3.97 Å². The molecule has 0 radical (unpaired) electrons. The molecule has 0 aliphatic rings. The molecule has 1 aromatic heterocycles. The van der Waals surface area contributed by atoms with Crippen molar-refractivity contribution in [3.8, 4) is 0 Å². The van der Waals surface area contributed by atoms with Crippen molar-refractivity contribution in [3.63, 3.8) is 0 Å². The first-order chi connectivity index (χ1) is 5.83. The van der Waals surface area contributed by atoms with Crippen LogP contribution in [0.5, 0.6) is 0 Å². The van der Waals surface area contributed by atoms with Crippen molar-refractivity contribution in [2.45, 2.75) is 6.92 Å². The summed E-state index contributed by atoms with van der Waals surface area (Å²) >= 11 is 2.29. The molecular weight excluding hydrogens is 281 g/mol. The maximum absolute atomic E-state index is 2.29. The highest BCUT2D eigenvalue weighted by Crippen LogP contribution is 2.27. The van der Waals surface area contributed by atoms with Crippen molar-refractivity contribution < 1.29 is 0 Å². The zero-order chi connectivity index (χ0) is 8.55. The summed E-state index contributed by atoms with van der Waals surface area (Å²) in [4.78, 5) is 0. The fourth-order valence-electron chi connectivity index (χ4n) is 1.37. The minimum atomic E-state index is 1.30. The van der Waals surface area contributed by atoms with Gasteiger partial charge in [-0.2, -0.15) is 0 Å². The third-order valence-corrected chi connectivity index (χ3v) is 3.68. The van der Waals surface area contributed by atoms with E-state index >= 15 is 0 Å². The first-order valence-corrected chi connectivity index (χ1v) is 7.00. The maximum Gasteiger partial charge on any atom is 0.0601 e. The third kappa shape index (κ3) is 1.25. The molecule has 1 nitrogen and oxygen atoms in total. The Morgan fingerprint density at radius 3 is 2.83 bits per heavy atom. The second kappa shape index (κ2) is 3.30. The first-order valence-electron chi connectivity index (χ1n) is 3.68. The molecule has 0 fully saturated rings. The largest absolute Gasteiger partial charge is 0.282 e. The van der Waals surface area contributed by atoms with Crippen LogP contribution in [0, 0.1) is 6.92 Å². The molecule has 0 bridgehead atoms. The van der Waals surface area contributed by atoms with Gasteiger partial charge < -0.3 is 0 Å². The number of hydrogen-bond acceptors (Lipinski definition) is 1. The van der Waals surface area contributed by atoms with E-state index in [0.29, 0.717) is 0 Å². The highest BCUT2D eigenvalue weighted by atomic mass is 127. The topological polar surface area (TPSA) is 4.93 Å². The molecule has 0 N–H and O–H groups in total. The second-order valence-corrected chi connectivity index (χ2v) is 4.44. The molecule has 1 heterocycles. The van der Waals surface area contributed by atoms with Gasteiger partial charge in [0.15, 0.2) is 0 Å². The van der Waals surface area contributed by atoms with Gasteiger partial charge in [-0.1, -0.05) is 18.2 Å². The van der Waals surface area contributed by atoms with Gasteiger partial charge in [0.2, 0.25) is 0 Å². The third-order valence-electron chi connectivity index (χ3n) is 1.95. The van der Waals surface area contributed by atoms with Gasteiger partial charge >= 0.3 is 0 Å². The summed E-state index contributed by atoms with van der Waals surface area (Å²) in [6.45, 7) is 2.14. The normalized spacial score (nSPS) is 10.8. The van der Waals surface area contributed by atoms with E-state index in [0.717, 1.165) is 0 Å². The molecule has 0 saturated carbocycles. The Bertz CT molecular complexity index is 408. The van der Waals surface area contributed by atoms with Crippen molar-refractivity contribution >= 4 is 41.2 Å². The number of aromatic nitrogens is 1. The Hall–Kier alpha value is -0.160. The average molecular weight is 289 g/mol. The van der Waals surface area contributed by atoms with Crippen LogP contribution in [0.3, 0.4) is 0 Å². The van der Waals surface area contributed by atoms with Crippen LogP contribution >= 0.6 is 30.3 Å². The summed E-state index contributed by atoms with van der Waals surface area (Å²) in [6, 6.07) is 8.46. The van der Waals surface area contributed by atoms with Gasteiger partial charge in [0.05, 0.1) is 5.52 Å². The number of aryl methyl sites for hydroxylation is 1. The minimum Gasteiger partial charge on any atom is -0.282 e. The average Bonchev–Trinajstić information content (AvgIpc) is 2.44. The molecule has 0 amide bonds. The number of hydrogen-bond donors (Lipinski definition) is 0. The van der Waals surface area contributed by atoms with Crippen LogP contribution in [0.25, 0.3) is 10.9 Å². The van der Waals surface area contributed by atoms with Crippen LogP contribution in [0.4, 0.5) is 0 Å². The van der Waals surface area contributed by atoms with Crippen molar-refractivity contribution in [2.75, 3.05) is 0 Å². The molecule has 1 aromatic carbocycles. The number of nitrogens with zero attached hydrogens (tertiary/aromatic N) is 1. The van der Waals surface area contributed by atoms with E-state index in [1.807, 2.05) is 0 Å². The summed E-state index contributed by atoms with van der Waals surface area (Å²) in [5.74, 6) is 0. The molecule has 3 heteroatoms. The van der Waals surface area contributed by atoms with Gasteiger partial charge in [-0.15, -0.1) is 0 Å². The van der Waals surface area contributed by atoms with Crippen molar-refractivity contribution in [3.05, 3.63) is 36.0 Å². The lowest BCUT2D eigenvalue weighted by molar-refractivity contribution is 1.34. The molecule has 12 heavy (non-hydrogen) atoms. The molecule has 62 valence electrons. The predicted octanol–water partition coefficient (Wildman–Crippen LogP) is 3.80. The fraction of sp³-hybridized carbons (Fsp3) is 0.111. The van der Waals surface area contributed by atoms with Gasteiger partial charge in [-0.25, -0.2) is 0 Å². The van der Waals surface area contributed by atoms with E-state index < -0.39 is 0 Å². The van der Waals surface area contributed by atoms with Crippen LogP contribution in [-0.2, 0) is 0 Å². The van der Waals surface area contributed by atoms with Crippen molar-refractivity contribution in [1.29, 1.82) is 0 Å². The van der Waals surface area contributed by atoms with Crippen LogP contribution in [0.1, 0.15) is 5.56 Å². The zero-order valence-corrected chi connectivity index (χ0v) is 9.59. The van der Waals surface area contributed by atoms with E-state index in [2.05, 4.69) is 62.6 Å². The summed E-state index contributed by atoms with van der Waals surface area (Å²) in [6.07, 6.45) is 2.17. The Balaban J connectivity index is 2.82. The number of benzene rings is 1. The maximum atomic E-state index is 2.29. The lowest BCUT2D eigenvalue weighted by atomic mass is 10.2. The minimum absolute atomic E-state index is 1.30. The summed E-state index contributed by atoms with van der Waals surface area (Å²) in [5, 5.41) is 1.35. The molecule has 0 aliphatic carbocycles. The van der Waals surface area contributed by atoms with Crippen LogP contribution in [0.2, 0.25) is 0 Å². The highest BCUT2D eigenvalue weighted by Gasteiger charge is 2.02. The Morgan fingerprint density at radius 2 is 2.08 bits per heavy atom. The van der Waals surface area contributed by atoms with E-state index in [1.165, 1.54) is 16.5 Å². The molecule has 0 aliphatic heterocycles. The van der Waals surface area contributed by atoms with Gasteiger partial charge in [0, 0.05) is 41.9 Å². The van der Waals surface area contributed by atoms with Crippen LogP contribution < -0.4 is 0 Å². The molecule has 0 atom stereocenters. The smallest absolute Gasteiger partial charge is 0.0601 e. The SMILES string of the molecule is Cc1cn(SI)c2ccccc12. The number of fused-ring (bicyclic) bond motifs is 1. The first kappa shape index (κ1) is 8.44. The number of halogens is 1. The van der Waals surface area contributed by atoms with Gasteiger partial charge in [-0.05, 0) is 18.6 Å². The number of rotatable bonds is 1. The van der Waals surface area contributed by atoms with Gasteiger partial charge in [0.25, 0.3) is 0 Å². The van der Waals surface area contributed by atoms with Gasteiger partial charge in [0.1, 0.15) is 0 Å². The Morgan fingerprint density at radius 1 is 1.33 bits per heavy atom. The summed E-state index contributed by atoms with van der Waals surface area (Å²) in [7, 11) is 1.71. The van der Waals surface area contributed by atoms with E-state index in [9.17, 15) is 0 Å². The second-order valence-electron chi connectivity index (χ2n) is 2.72. The van der Waals surface area contributed by atoms with Crippen molar-refractivity contribution in [2.24, 2.45) is 0 Å². The van der Waals surface area contributed by atoms with Crippen LogP contribution in [0.15, 0.2) is 30.5 Å². The monoisotopic (exact) mass is 289 g/mol.